The fraction of sp³-hybridized carbons (Fsp3) is 0.538. The van der Waals surface area contributed by atoms with Gasteiger partial charge in [0.2, 0.25) is 5.88 Å². The van der Waals surface area contributed by atoms with E-state index in [1.165, 1.54) is 0 Å². The summed E-state index contributed by atoms with van der Waals surface area (Å²) in [5.74, 6) is -7.34. The highest BCUT2D eigenvalue weighted by molar-refractivity contribution is 7.53. The van der Waals surface area contributed by atoms with Gasteiger partial charge in [-0.3, -0.25) is 9.13 Å². The number of aliphatic hydroxyl groups excluding tert-OH is 1. The third-order valence-electron chi connectivity index (χ3n) is 3.11. The summed E-state index contributed by atoms with van der Waals surface area (Å²) < 4.78 is 60.6. The van der Waals surface area contributed by atoms with Gasteiger partial charge in [0.25, 0.3) is 12.0 Å². The van der Waals surface area contributed by atoms with E-state index in [-0.39, 0.29) is 13.2 Å². The van der Waals surface area contributed by atoms with E-state index in [0.717, 1.165) is 12.3 Å². The molecule has 1 atom stereocenters. The Hall–Kier alpha value is -2.17. The largest absolute Gasteiger partial charge is 0.501 e. The lowest BCUT2D eigenvalue weighted by atomic mass is 10.2. The maximum Gasteiger partial charge on any atom is 0.367 e. The van der Waals surface area contributed by atoms with Crippen LogP contribution in [0.5, 0.6) is 5.88 Å². The molecule has 1 aromatic heterocycles. The van der Waals surface area contributed by atoms with E-state index < -0.39 is 49.4 Å². The molecule has 0 saturated carbocycles. The molecule has 0 bridgehead atoms. The van der Waals surface area contributed by atoms with E-state index in [0.29, 0.717) is 4.57 Å². The first-order valence-corrected chi connectivity index (χ1v) is 9.14. The molecule has 2 N–H and O–H groups in total. The molecule has 1 aliphatic rings. The molecule has 0 saturated heterocycles. The number of aromatic hydroxyl groups is 1. The number of halogens is 2. The van der Waals surface area contributed by atoms with Crippen molar-refractivity contribution in [3.63, 3.8) is 0 Å². The van der Waals surface area contributed by atoms with Crippen molar-refractivity contribution in [2.45, 2.75) is 26.0 Å². The molecule has 2 heterocycles. The first-order chi connectivity index (χ1) is 12.1. The lowest BCUT2D eigenvalue weighted by Gasteiger charge is -2.20. The standard InChI is InChI=1S/C13H17F2N2O8P/c1-3-23-26(21,24-4-2)7-22-10-9(19)13(14,15)11(25-10)17-6-5-8(18)16-12(17)20/h5-6,11,19H,3-4,7H2,1-2H3,(H,16,18,20). The third kappa shape index (κ3) is 3.97. The van der Waals surface area contributed by atoms with Crippen molar-refractivity contribution in [2.75, 3.05) is 19.6 Å². The van der Waals surface area contributed by atoms with Crippen LogP contribution < -0.4 is 5.69 Å². The van der Waals surface area contributed by atoms with Crippen molar-refractivity contribution in [3.05, 3.63) is 34.5 Å². The Morgan fingerprint density at radius 2 is 1.96 bits per heavy atom. The summed E-state index contributed by atoms with van der Waals surface area (Å²) in [6.07, 6.45) is -2.29. The van der Waals surface area contributed by atoms with Gasteiger partial charge in [-0.1, -0.05) is 0 Å². The Bertz CT molecular complexity index is 787. The van der Waals surface area contributed by atoms with Crippen LogP contribution in [0.15, 0.2) is 28.8 Å². The molecular weight excluding hydrogens is 381 g/mol. The van der Waals surface area contributed by atoms with E-state index in [9.17, 15) is 23.2 Å². The van der Waals surface area contributed by atoms with Gasteiger partial charge in [0.1, 0.15) is 0 Å². The Morgan fingerprint density at radius 3 is 2.50 bits per heavy atom. The van der Waals surface area contributed by atoms with Gasteiger partial charge in [-0.25, -0.2) is 4.79 Å². The Kier molecular flexibility index (Phi) is 5.89. The van der Waals surface area contributed by atoms with E-state index >= 15 is 0 Å². The van der Waals surface area contributed by atoms with Gasteiger partial charge in [-0.05, 0) is 13.8 Å². The summed E-state index contributed by atoms with van der Waals surface area (Å²) in [6.45, 7) is 3.12. The summed E-state index contributed by atoms with van der Waals surface area (Å²) in [5, 5.41) is 18.8. The van der Waals surface area contributed by atoms with Crippen molar-refractivity contribution in [1.29, 1.82) is 0 Å². The predicted octanol–water partition coefficient (Wildman–Crippen LogP) is 2.08. The van der Waals surface area contributed by atoms with Gasteiger partial charge in [0, 0.05) is 12.3 Å². The van der Waals surface area contributed by atoms with Crippen LogP contribution in [-0.2, 0) is 23.1 Å². The minimum atomic E-state index is -4.04. The first kappa shape index (κ1) is 20.1. The molecule has 13 heteroatoms. The van der Waals surface area contributed by atoms with Gasteiger partial charge in [-0.15, -0.1) is 0 Å². The second-order valence-corrected chi connectivity index (χ2v) is 6.92. The first-order valence-electron chi connectivity index (χ1n) is 7.42. The molecule has 1 aromatic rings. The minimum absolute atomic E-state index is 0.0138. The number of aliphatic hydroxyl groups is 1. The number of hydrogen-bond donors (Lipinski definition) is 2. The Morgan fingerprint density at radius 1 is 1.35 bits per heavy atom. The average molecular weight is 398 g/mol. The van der Waals surface area contributed by atoms with Crippen molar-refractivity contribution in [2.24, 2.45) is 0 Å². The second-order valence-electron chi connectivity index (χ2n) is 4.92. The lowest BCUT2D eigenvalue weighted by Crippen LogP contribution is -2.36. The topological polar surface area (TPSA) is 129 Å². The van der Waals surface area contributed by atoms with Gasteiger partial charge >= 0.3 is 25.2 Å². The van der Waals surface area contributed by atoms with Crippen LogP contribution in [0.1, 0.15) is 20.1 Å². The third-order valence-corrected chi connectivity index (χ3v) is 4.86. The average Bonchev–Trinajstić information content (AvgIpc) is 2.77. The molecule has 1 aliphatic heterocycles. The lowest BCUT2D eigenvalue weighted by molar-refractivity contribution is -0.128. The molecule has 0 fully saturated rings. The molecule has 0 spiro atoms. The van der Waals surface area contributed by atoms with Gasteiger partial charge in [-0.2, -0.15) is 13.8 Å². The number of rotatable bonds is 8. The van der Waals surface area contributed by atoms with E-state index in [2.05, 4.69) is 4.98 Å². The number of aromatic nitrogens is 2. The summed E-state index contributed by atoms with van der Waals surface area (Å²) in [4.78, 5) is 14.8. The molecule has 146 valence electrons. The van der Waals surface area contributed by atoms with Gasteiger partial charge < -0.3 is 28.7 Å². The van der Waals surface area contributed by atoms with Crippen molar-refractivity contribution in [1.82, 2.24) is 9.55 Å². The molecule has 26 heavy (non-hydrogen) atoms. The molecule has 0 radical (unpaired) electrons. The van der Waals surface area contributed by atoms with E-state index in [1.807, 2.05) is 0 Å². The molecule has 10 nitrogen and oxygen atoms in total. The highest BCUT2D eigenvalue weighted by Crippen LogP contribution is 2.50. The number of nitrogens with zero attached hydrogens (tertiary/aromatic N) is 2. The van der Waals surface area contributed by atoms with Crippen LogP contribution >= 0.6 is 7.60 Å². The molecule has 1 unspecified atom stereocenters. The predicted molar refractivity (Wildman–Crippen MR) is 81.7 cm³/mol. The SMILES string of the molecule is CCOP(=O)(COC1=C(O)C(F)(F)C(n2ccc(O)nc2=O)O1)OCC. The van der Waals surface area contributed by atoms with E-state index in [4.69, 9.17) is 23.6 Å². The zero-order chi connectivity index (χ0) is 19.5. The van der Waals surface area contributed by atoms with Crippen LogP contribution in [0.3, 0.4) is 0 Å². The second kappa shape index (κ2) is 7.60. The fourth-order valence-corrected chi connectivity index (χ4v) is 3.33. The van der Waals surface area contributed by atoms with Crippen molar-refractivity contribution < 1.29 is 42.1 Å². The molecule has 2 rings (SSSR count). The van der Waals surface area contributed by atoms with Crippen LogP contribution in [0.2, 0.25) is 0 Å². The molecular formula is C13H17F2N2O8P. The highest BCUT2D eigenvalue weighted by Gasteiger charge is 2.57. The molecule has 0 aliphatic carbocycles. The number of ether oxygens (including phenoxy) is 2. The van der Waals surface area contributed by atoms with Crippen molar-refractivity contribution in [3.8, 4) is 5.88 Å². The summed E-state index contributed by atoms with van der Waals surface area (Å²) in [6, 6.07) is 0.884. The van der Waals surface area contributed by atoms with Crippen LogP contribution in [0.25, 0.3) is 0 Å². The van der Waals surface area contributed by atoms with Gasteiger partial charge in [0.05, 0.1) is 13.2 Å². The normalized spacial score (nSPS) is 19.5. The highest BCUT2D eigenvalue weighted by atomic mass is 31.2. The summed E-state index contributed by atoms with van der Waals surface area (Å²) >= 11 is 0. The molecule has 0 aromatic carbocycles. The van der Waals surface area contributed by atoms with Gasteiger partial charge in [0.15, 0.2) is 6.35 Å². The maximum atomic E-state index is 14.2. The summed E-state index contributed by atoms with van der Waals surface area (Å²) in [5.41, 5.74) is -1.24. The maximum absolute atomic E-state index is 14.2. The smallest absolute Gasteiger partial charge is 0.367 e. The van der Waals surface area contributed by atoms with Crippen molar-refractivity contribution >= 4 is 7.60 Å². The fourth-order valence-electron chi connectivity index (χ4n) is 2.04. The van der Waals surface area contributed by atoms with Crippen LogP contribution in [0, 0.1) is 0 Å². The monoisotopic (exact) mass is 398 g/mol. The van der Waals surface area contributed by atoms with E-state index in [1.54, 1.807) is 13.8 Å². The quantitative estimate of drug-likeness (QED) is 0.632. The Labute approximate surface area is 146 Å². The van der Waals surface area contributed by atoms with Crippen LogP contribution in [-0.4, -0.2) is 45.2 Å². The number of hydrogen-bond acceptors (Lipinski definition) is 9. The zero-order valence-electron chi connectivity index (χ0n) is 13.8. The zero-order valence-corrected chi connectivity index (χ0v) is 14.7. The minimum Gasteiger partial charge on any atom is -0.501 e. The molecule has 0 amide bonds. The van der Waals surface area contributed by atoms with Crippen LogP contribution in [0.4, 0.5) is 8.78 Å². The number of alkyl halides is 2. The Balaban J connectivity index is 2.22. The summed E-state index contributed by atoms with van der Waals surface area (Å²) in [7, 11) is -3.75.